The van der Waals surface area contributed by atoms with Gasteiger partial charge >= 0.3 is 17.9 Å². The van der Waals surface area contributed by atoms with Crippen LogP contribution in [0.1, 0.15) is 265 Å². The van der Waals surface area contributed by atoms with Crippen LogP contribution in [0.25, 0.3) is 0 Å². The van der Waals surface area contributed by atoms with Crippen LogP contribution in [0.5, 0.6) is 0 Å². The van der Waals surface area contributed by atoms with Crippen LogP contribution in [-0.4, -0.2) is 37.2 Å². The summed E-state index contributed by atoms with van der Waals surface area (Å²) >= 11 is 0. The van der Waals surface area contributed by atoms with Gasteiger partial charge in [0.1, 0.15) is 13.2 Å². The van der Waals surface area contributed by atoms with Crippen molar-refractivity contribution >= 4 is 17.9 Å². The Bertz CT molecular complexity index is 1620. The van der Waals surface area contributed by atoms with E-state index in [4.69, 9.17) is 14.2 Å². The monoisotopic (exact) mass is 1040 g/mol. The van der Waals surface area contributed by atoms with E-state index in [-0.39, 0.29) is 31.6 Å². The number of hydrogen-bond donors (Lipinski definition) is 0. The zero-order valence-corrected chi connectivity index (χ0v) is 48.5. The van der Waals surface area contributed by atoms with Crippen molar-refractivity contribution in [3.8, 4) is 0 Å². The minimum Gasteiger partial charge on any atom is -0.462 e. The number of allylic oxidation sites excluding steroid dienone is 22. The number of carbonyl (C=O) groups is 3. The number of unbranched alkanes of at least 4 members (excludes halogenated alkanes) is 21. The molecule has 0 heterocycles. The Hall–Kier alpha value is -4.45. The third-order valence-corrected chi connectivity index (χ3v) is 12.6. The second-order valence-electron chi connectivity index (χ2n) is 19.9. The average Bonchev–Trinajstić information content (AvgIpc) is 3.41. The van der Waals surface area contributed by atoms with Gasteiger partial charge in [-0.1, -0.05) is 251 Å². The summed E-state index contributed by atoms with van der Waals surface area (Å²) in [7, 11) is 0. The fraction of sp³-hybridized carbons (Fsp3) is 0.638. The Morgan fingerprint density at radius 3 is 0.893 bits per heavy atom. The van der Waals surface area contributed by atoms with Crippen LogP contribution in [0.4, 0.5) is 0 Å². The van der Waals surface area contributed by atoms with Gasteiger partial charge in [-0.15, -0.1) is 0 Å². The molecule has 1 unspecified atom stereocenters. The molecule has 0 rings (SSSR count). The highest BCUT2D eigenvalue weighted by Crippen LogP contribution is 2.14. The van der Waals surface area contributed by atoms with Crippen LogP contribution in [0.2, 0.25) is 0 Å². The number of hydrogen-bond acceptors (Lipinski definition) is 6. The van der Waals surface area contributed by atoms with Crippen molar-refractivity contribution < 1.29 is 28.6 Å². The molecule has 1 atom stereocenters. The minimum absolute atomic E-state index is 0.121. The normalized spacial score (nSPS) is 13.1. The quantitative estimate of drug-likeness (QED) is 0.0261. The van der Waals surface area contributed by atoms with Crippen LogP contribution in [0, 0.1) is 0 Å². The van der Waals surface area contributed by atoms with Gasteiger partial charge in [0.2, 0.25) is 0 Å². The highest BCUT2D eigenvalue weighted by atomic mass is 16.6. The summed E-state index contributed by atoms with van der Waals surface area (Å²) in [6, 6.07) is 0. The number of esters is 3. The smallest absolute Gasteiger partial charge is 0.306 e. The van der Waals surface area contributed by atoms with Crippen LogP contribution >= 0.6 is 0 Å². The lowest BCUT2D eigenvalue weighted by molar-refractivity contribution is -0.166. The van der Waals surface area contributed by atoms with Crippen LogP contribution < -0.4 is 0 Å². The topological polar surface area (TPSA) is 78.9 Å². The Morgan fingerprint density at radius 2 is 0.547 bits per heavy atom. The zero-order chi connectivity index (χ0) is 54.3. The fourth-order valence-corrected chi connectivity index (χ4v) is 8.03. The highest BCUT2D eigenvalue weighted by Gasteiger charge is 2.19. The Morgan fingerprint density at radius 1 is 0.280 bits per heavy atom. The molecule has 0 aromatic rings. The Balaban J connectivity index is 4.52. The zero-order valence-electron chi connectivity index (χ0n) is 48.5. The first kappa shape index (κ1) is 70.5. The van der Waals surface area contributed by atoms with Crippen molar-refractivity contribution in [1.82, 2.24) is 0 Å². The molecule has 0 aliphatic carbocycles. The first-order chi connectivity index (χ1) is 37.0. The van der Waals surface area contributed by atoms with E-state index in [1.54, 1.807) is 0 Å². The van der Waals surface area contributed by atoms with E-state index in [9.17, 15) is 14.4 Å². The molecule has 0 aromatic carbocycles. The van der Waals surface area contributed by atoms with Gasteiger partial charge in [0.05, 0.1) is 0 Å². The van der Waals surface area contributed by atoms with Gasteiger partial charge < -0.3 is 14.2 Å². The standard InChI is InChI=1S/C69H112O6/c1-4-7-10-13-16-19-22-25-28-30-32-33-34-35-37-38-41-44-47-50-53-56-59-62-68(71)74-65-66(64-73-67(70)61-58-55-52-49-46-43-40-27-24-21-18-15-12-9-6-3)75-69(72)63-60-57-54-51-48-45-42-39-36-31-29-26-23-20-17-14-11-8-5-2/h8,11,17-18,20-22,25-27,29-30,32,34-36,39-40,45,48,54,57,66H,4-7,9-10,12-16,19,23-24,28,31,33,37-38,41-44,46-47,49-53,55-56,58-65H2,1-3H3/b11-8-,20-17-,21-18-,25-22-,29-26-,32-30-,35-34-,39-36-,40-27-,48-45-,57-54-. The van der Waals surface area contributed by atoms with E-state index >= 15 is 0 Å². The third kappa shape index (κ3) is 60.3. The fourth-order valence-electron chi connectivity index (χ4n) is 8.03. The van der Waals surface area contributed by atoms with Crippen molar-refractivity contribution in [3.63, 3.8) is 0 Å². The van der Waals surface area contributed by atoms with Crippen LogP contribution in [-0.2, 0) is 28.6 Å². The van der Waals surface area contributed by atoms with Crippen molar-refractivity contribution in [2.75, 3.05) is 13.2 Å². The molecule has 6 heteroatoms. The maximum absolute atomic E-state index is 12.9. The SMILES string of the molecule is CC/C=C\C/C=C\C/C=C\C/C=C\C/C=C\C/C=C\CCC(=O)OC(COC(=O)CCCCCCC/C=C\C/C=C\CCCCC)COC(=O)CCCCCCCCCC/C=C\C/C=C\C/C=C\CCCCCCC. The van der Waals surface area contributed by atoms with Gasteiger partial charge in [0.25, 0.3) is 0 Å². The van der Waals surface area contributed by atoms with Crippen LogP contribution in [0.15, 0.2) is 134 Å². The lowest BCUT2D eigenvalue weighted by Crippen LogP contribution is -2.30. The Labute approximate surface area is 462 Å². The Kier molecular flexibility index (Phi) is 58.4. The van der Waals surface area contributed by atoms with Crippen molar-refractivity contribution in [2.45, 2.75) is 271 Å². The first-order valence-corrected chi connectivity index (χ1v) is 30.7. The second-order valence-corrected chi connectivity index (χ2v) is 19.9. The lowest BCUT2D eigenvalue weighted by atomic mass is 10.1. The molecule has 0 amide bonds. The minimum atomic E-state index is -0.834. The first-order valence-electron chi connectivity index (χ1n) is 30.7. The molecule has 0 bridgehead atoms. The largest absolute Gasteiger partial charge is 0.462 e. The predicted molar refractivity (Wildman–Crippen MR) is 325 cm³/mol. The summed E-state index contributed by atoms with van der Waals surface area (Å²) in [4.78, 5) is 38.2. The molecular formula is C69H112O6. The van der Waals surface area contributed by atoms with E-state index in [0.29, 0.717) is 19.3 Å². The van der Waals surface area contributed by atoms with E-state index in [1.165, 1.54) is 96.3 Å². The van der Waals surface area contributed by atoms with Crippen molar-refractivity contribution in [2.24, 2.45) is 0 Å². The lowest BCUT2D eigenvalue weighted by Gasteiger charge is -2.18. The molecule has 0 saturated heterocycles. The summed E-state index contributed by atoms with van der Waals surface area (Å²) in [6.45, 7) is 6.41. The molecule has 0 spiro atoms. The van der Waals surface area contributed by atoms with Crippen molar-refractivity contribution in [3.05, 3.63) is 134 Å². The van der Waals surface area contributed by atoms with Crippen molar-refractivity contribution in [1.29, 1.82) is 0 Å². The third-order valence-electron chi connectivity index (χ3n) is 12.6. The maximum atomic E-state index is 12.9. The van der Waals surface area contributed by atoms with Gasteiger partial charge in [-0.3, -0.25) is 14.4 Å². The van der Waals surface area contributed by atoms with Gasteiger partial charge in [-0.05, 0) is 128 Å². The van der Waals surface area contributed by atoms with Gasteiger partial charge in [0, 0.05) is 19.3 Å². The second kappa shape index (κ2) is 62.1. The van der Waals surface area contributed by atoms with E-state index in [0.717, 1.165) is 122 Å². The highest BCUT2D eigenvalue weighted by molar-refractivity contribution is 5.71. The summed E-state index contributed by atoms with van der Waals surface area (Å²) in [5.74, 6) is -1.03. The molecule has 0 fully saturated rings. The molecule has 0 saturated carbocycles. The molecule has 0 aliphatic heterocycles. The molecular weight excluding hydrogens is 925 g/mol. The van der Waals surface area contributed by atoms with E-state index < -0.39 is 12.1 Å². The summed E-state index contributed by atoms with van der Waals surface area (Å²) in [5, 5.41) is 0. The summed E-state index contributed by atoms with van der Waals surface area (Å²) in [5.41, 5.74) is 0. The predicted octanol–water partition coefficient (Wildman–Crippen LogP) is 21.0. The average molecular weight is 1040 g/mol. The van der Waals surface area contributed by atoms with Gasteiger partial charge in [0.15, 0.2) is 6.10 Å². The molecule has 75 heavy (non-hydrogen) atoms. The molecule has 0 aromatic heterocycles. The van der Waals surface area contributed by atoms with E-state index in [1.807, 2.05) is 12.2 Å². The molecule has 0 N–H and O–H groups in total. The summed E-state index contributed by atoms with van der Waals surface area (Å²) in [6.07, 6.45) is 87.4. The molecule has 0 aliphatic rings. The number of carbonyl (C=O) groups excluding carboxylic acids is 3. The van der Waals surface area contributed by atoms with Crippen LogP contribution in [0.3, 0.4) is 0 Å². The van der Waals surface area contributed by atoms with Gasteiger partial charge in [-0.25, -0.2) is 0 Å². The van der Waals surface area contributed by atoms with E-state index in [2.05, 4.69) is 142 Å². The van der Waals surface area contributed by atoms with Gasteiger partial charge in [-0.2, -0.15) is 0 Å². The molecule has 0 radical (unpaired) electrons. The molecule has 6 nitrogen and oxygen atoms in total. The maximum Gasteiger partial charge on any atom is 0.306 e. The number of rotatable bonds is 54. The molecule has 424 valence electrons. The number of ether oxygens (including phenoxy) is 3. The summed E-state index contributed by atoms with van der Waals surface area (Å²) < 4.78 is 16.8.